The fourth-order valence-electron chi connectivity index (χ4n) is 2.80. The molecule has 5 nitrogen and oxygen atoms in total. The largest absolute Gasteiger partial charge is 0.409 e. The lowest BCUT2D eigenvalue weighted by molar-refractivity contribution is 0.0259. The van der Waals surface area contributed by atoms with Crippen LogP contribution >= 0.6 is 0 Å². The molecule has 0 saturated carbocycles. The maximum Gasteiger partial charge on any atom is 0.142 e. The van der Waals surface area contributed by atoms with Crippen LogP contribution in [0.25, 0.3) is 0 Å². The summed E-state index contributed by atoms with van der Waals surface area (Å²) in [6, 6.07) is 0. The van der Waals surface area contributed by atoms with Gasteiger partial charge in [-0.1, -0.05) is 5.16 Å². The first-order valence-electron chi connectivity index (χ1n) is 6.54. The number of ether oxygens (including phenoxy) is 1. The molecule has 0 aromatic carbocycles. The third kappa shape index (κ3) is 3.33. The van der Waals surface area contributed by atoms with Crippen LogP contribution in [0, 0.1) is 5.92 Å². The van der Waals surface area contributed by atoms with E-state index < -0.39 is 0 Å². The van der Waals surface area contributed by atoms with Crippen LogP contribution < -0.4 is 5.73 Å². The van der Waals surface area contributed by atoms with Crippen molar-refractivity contribution < 1.29 is 9.94 Å². The molecule has 2 heterocycles. The molecule has 2 saturated heterocycles. The van der Waals surface area contributed by atoms with Gasteiger partial charge in [-0.3, -0.25) is 0 Å². The zero-order chi connectivity index (χ0) is 12.3. The van der Waals surface area contributed by atoms with Crippen molar-refractivity contribution >= 4 is 5.84 Å². The zero-order valence-electron chi connectivity index (χ0n) is 10.5. The number of hydrogen-bond acceptors (Lipinski definition) is 4. The van der Waals surface area contributed by atoms with E-state index >= 15 is 0 Å². The number of nitrogens with zero attached hydrogens (tertiary/aromatic N) is 2. The molecule has 0 bridgehead atoms. The molecular formula is C12H23N3O2. The second kappa shape index (κ2) is 5.69. The number of piperidine rings is 1. The third-order valence-electron chi connectivity index (χ3n) is 3.90. The number of likely N-dealkylation sites (tertiary alicyclic amines) is 1. The normalized spacial score (nSPS) is 33.1. The molecule has 2 rings (SSSR count). The van der Waals surface area contributed by atoms with Crippen LogP contribution in [0.3, 0.4) is 0 Å². The second-order valence-corrected chi connectivity index (χ2v) is 5.25. The molecule has 5 heteroatoms. The highest BCUT2D eigenvalue weighted by Gasteiger charge is 2.27. The molecule has 2 fully saturated rings. The van der Waals surface area contributed by atoms with Crippen LogP contribution in [0.2, 0.25) is 0 Å². The Labute approximate surface area is 103 Å². The fourth-order valence-corrected chi connectivity index (χ4v) is 2.80. The van der Waals surface area contributed by atoms with Gasteiger partial charge in [0.05, 0.1) is 12.2 Å². The van der Waals surface area contributed by atoms with Crippen molar-refractivity contribution in [2.75, 3.05) is 19.6 Å². The van der Waals surface area contributed by atoms with E-state index in [9.17, 15) is 0 Å². The Morgan fingerprint density at radius 3 is 2.59 bits per heavy atom. The molecule has 3 N–H and O–H groups in total. The molecule has 0 aromatic heterocycles. The van der Waals surface area contributed by atoms with Gasteiger partial charge in [0.15, 0.2) is 0 Å². The van der Waals surface area contributed by atoms with Crippen molar-refractivity contribution in [3.63, 3.8) is 0 Å². The highest BCUT2D eigenvalue weighted by Crippen LogP contribution is 2.23. The van der Waals surface area contributed by atoms with E-state index in [1.165, 1.54) is 12.8 Å². The summed E-state index contributed by atoms with van der Waals surface area (Å²) < 4.78 is 5.83. The minimum Gasteiger partial charge on any atom is -0.409 e. The summed E-state index contributed by atoms with van der Waals surface area (Å²) in [7, 11) is 0. The van der Waals surface area contributed by atoms with E-state index in [2.05, 4.69) is 17.0 Å². The van der Waals surface area contributed by atoms with Crippen molar-refractivity contribution in [3.05, 3.63) is 0 Å². The Hall–Kier alpha value is -0.810. The molecule has 2 unspecified atom stereocenters. The smallest absolute Gasteiger partial charge is 0.142 e. The maximum absolute atomic E-state index is 8.64. The van der Waals surface area contributed by atoms with Crippen LogP contribution in [0.5, 0.6) is 0 Å². The third-order valence-corrected chi connectivity index (χ3v) is 3.90. The SMILES string of the molecule is CC1CCC(CN2CCC(C(N)=NO)CC2)O1. The first kappa shape index (κ1) is 12.6. The fraction of sp³-hybridized carbons (Fsp3) is 0.917. The number of nitrogens with two attached hydrogens (primary N) is 1. The summed E-state index contributed by atoms with van der Waals surface area (Å²) in [6.07, 6.45) is 5.17. The van der Waals surface area contributed by atoms with Gasteiger partial charge in [0.1, 0.15) is 5.84 Å². The molecule has 17 heavy (non-hydrogen) atoms. The molecule has 98 valence electrons. The van der Waals surface area contributed by atoms with E-state index in [0.717, 1.165) is 32.5 Å². The van der Waals surface area contributed by atoms with Crippen LogP contribution in [0.4, 0.5) is 0 Å². The van der Waals surface area contributed by atoms with Gasteiger partial charge in [-0.2, -0.15) is 0 Å². The van der Waals surface area contributed by atoms with Gasteiger partial charge in [0.25, 0.3) is 0 Å². The molecule has 0 spiro atoms. The highest BCUT2D eigenvalue weighted by molar-refractivity contribution is 5.82. The van der Waals surface area contributed by atoms with Crippen molar-refractivity contribution in [1.82, 2.24) is 4.90 Å². The van der Waals surface area contributed by atoms with Gasteiger partial charge in [-0.05, 0) is 45.7 Å². The van der Waals surface area contributed by atoms with E-state index in [1.54, 1.807) is 0 Å². The molecule has 0 amide bonds. The van der Waals surface area contributed by atoms with Crippen LogP contribution in [-0.4, -0.2) is 47.8 Å². The van der Waals surface area contributed by atoms with Crippen LogP contribution in [0.1, 0.15) is 32.6 Å². The number of hydrogen-bond donors (Lipinski definition) is 2. The molecular weight excluding hydrogens is 218 g/mol. The van der Waals surface area contributed by atoms with Gasteiger partial charge in [0.2, 0.25) is 0 Å². The Morgan fingerprint density at radius 1 is 1.35 bits per heavy atom. The highest BCUT2D eigenvalue weighted by atomic mass is 16.5. The van der Waals surface area contributed by atoms with Crippen molar-refractivity contribution in [3.8, 4) is 0 Å². The summed E-state index contributed by atoms with van der Waals surface area (Å²) in [5, 5.41) is 11.7. The van der Waals surface area contributed by atoms with Crippen LogP contribution in [0.15, 0.2) is 5.16 Å². The quantitative estimate of drug-likeness (QED) is 0.335. The summed E-state index contributed by atoms with van der Waals surface area (Å²) in [4.78, 5) is 2.43. The molecule has 2 atom stereocenters. The Balaban J connectivity index is 1.72. The van der Waals surface area contributed by atoms with Crippen molar-refractivity contribution in [1.29, 1.82) is 0 Å². The molecule has 2 aliphatic heterocycles. The Kier molecular flexibility index (Phi) is 4.23. The van der Waals surface area contributed by atoms with E-state index in [1.807, 2.05) is 0 Å². The van der Waals surface area contributed by atoms with Gasteiger partial charge in [-0.15, -0.1) is 0 Å². The first-order chi connectivity index (χ1) is 8.19. The summed E-state index contributed by atoms with van der Waals surface area (Å²) in [5.74, 6) is 0.634. The lowest BCUT2D eigenvalue weighted by Crippen LogP contribution is -2.41. The van der Waals surface area contributed by atoms with E-state index in [0.29, 0.717) is 18.0 Å². The number of amidine groups is 1. The Bertz CT molecular complexity index is 275. The summed E-state index contributed by atoms with van der Waals surface area (Å²) in [6.45, 7) is 5.22. The van der Waals surface area contributed by atoms with Crippen molar-refractivity contribution in [2.24, 2.45) is 16.8 Å². The summed E-state index contributed by atoms with van der Waals surface area (Å²) in [5.41, 5.74) is 5.63. The van der Waals surface area contributed by atoms with E-state index in [-0.39, 0.29) is 5.92 Å². The van der Waals surface area contributed by atoms with Gasteiger partial charge < -0.3 is 20.6 Å². The lowest BCUT2D eigenvalue weighted by Gasteiger charge is -2.32. The average molecular weight is 241 g/mol. The molecule has 2 aliphatic rings. The second-order valence-electron chi connectivity index (χ2n) is 5.25. The van der Waals surface area contributed by atoms with Gasteiger partial charge in [-0.25, -0.2) is 0 Å². The topological polar surface area (TPSA) is 71.1 Å². The number of rotatable bonds is 3. The monoisotopic (exact) mass is 241 g/mol. The van der Waals surface area contributed by atoms with Gasteiger partial charge in [0, 0.05) is 12.5 Å². The summed E-state index contributed by atoms with van der Waals surface area (Å²) >= 11 is 0. The van der Waals surface area contributed by atoms with Crippen molar-refractivity contribution in [2.45, 2.75) is 44.8 Å². The predicted molar refractivity (Wildman–Crippen MR) is 66.1 cm³/mol. The molecule has 0 aliphatic carbocycles. The van der Waals surface area contributed by atoms with E-state index in [4.69, 9.17) is 15.7 Å². The minimum absolute atomic E-state index is 0.250. The average Bonchev–Trinajstić information content (AvgIpc) is 2.75. The minimum atomic E-state index is 0.250. The number of oxime groups is 1. The lowest BCUT2D eigenvalue weighted by atomic mass is 9.95. The zero-order valence-corrected chi connectivity index (χ0v) is 10.5. The molecule has 0 aromatic rings. The Morgan fingerprint density at radius 2 is 2.06 bits per heavy atom. The molecule has 0 radical (unpaired) electrons. The predicted octanol–water partition coefficient (Wildman–Crippen LogP) is 1.01. The van der Waals surface area contributed by atoms with Crippen LogP contribution in [-0.2, 0) is 4.74 Å². The maximum atomic E-state index is 8.64. The standard InChI is InChI=1S/C12H23N3O2/c1-9-2-3-11(17-9)8-15-6-4-10(5-7-15)12(13)14-16/h9-11,16H,2-8H2,1H3,(H2,13,14). The van der Waals surface area contributed by atoms with Gasteiger partial charge >= 0.3 is 0 Å². The first-order valence-corrected chi connectivity index (χ1v) is 6.54.